The van der Waals surface area contributed by atoms with Gasteiger partial charge < -0.3 is 28.5 Å². The maximum Gasteiger partial charge on any atom is 2.00 e. The topological polar surface area (TPSA) is 37.3 Å². The van der Waals surface area contributed by atoms with Gasteiger partial charge in [-0.15, -0.1) is 6.42 Å². The fourth-order valence-corrected chi connectivity index (χ4v) is 0.204. The van der Waals surface area contributed by atoms with Crippen LogP contribution in [0.5, 0.6) is 0 Å². The van der Waals surface area contributed by atoms with Crippen molar-refractivity contribution in [2.75, 3.05) is 0 Å². The molecule has 0 amide bonds. The first-order chi connectivity index (χ1) is 3.41. The summed E-state index contributed by atoms with van der Waals surface area (Å²) in [6.45, 7) is -0.250. The maximum atomic E-state index is 8.36. The van der Waals surface area contributed by atoms with Crippen LogP contribution in [0, 0.1) is 6.42 Å². The summed E-state index contributed by atoms with van der Waals surface area (Å²) in [4.78, 5) is 8.36. The monoisotopic (exact) mass is 204 g/mol. The largest absolute Gasteiger partial charge is 2.00 e. The van der Waals surface area contributed by atoms with Gasteiger partial charge in [-0.3, -0.25) is 4.79 Å². The molecule has 4 heteroatoms. The predicted molar refractivity (Wildman–Crippen MR) is 32.6 cm³/mol. The van der Waals surface area contributed by atoms with Crippen molar-refractivity contribution in [3.05, 3.63) is 6.42 Å². The van der Waals surface area contributed by atoms with Crippen LogP contribution in [0.1, 0.15) is 19.3 Å². The third kappa shape index (κ3) is 17.7. The Kier molecular flexibility index (Phi) is 28.9. The van der Waals surface area contributed by atoms with E-state index in [0.717, 1.165) is 0 Å². The molecule has 0 spiro atoms. The van der Waals surface area contributed by atoms with E-state index in [1.165, 1.54) is 19.3 Å². The molecule has 0 aromatic carbocycles. The van der Waals surface area contributed by atoms with Gasteiger partial charge >= 0.3 is 23.1 Å². The fourth-order valence-electron chi connectivity index (χ4n) is 0.204. The first-order valence-corrected chi connectivity index (χ1v) is 2.31. The number of hydrogen-bond donors (Lipinski definition) is 1. The van der Waals surface area contributed by atoms with Gasteiger partial charge in [-0.2, -0.15) is 12.8 Å². The minimum absolute atomic E-state index is 0. The second-order valence-corrected chi connectivity index (χ2v) is 1.32. The zero-order valence-electron chi connectivity index (χ0n) is 5.22. The molecule has 0 atom stereocenters. The van der Waals surface area contributed by atoms with E-state index in [4.69, 9.17) is 9.90 Å². The molecular formula is C5H9BrMgO2. The van der Waals surface area contributed by atoms with Crippen molar-refractivity contribution in [2.24, 2.45) is 0 Å². The fraction of sp³-hybridized carbons (Fsp3) is 0.600. The van der Waals surface area contributed by atoms with Gasteiger partial charge in [-0.25, -0.2) is 0 Å². The molecule has 50 valence electrons. The Hall–Kier alpha value is 0.716. The van der Waals surface area contributed by atoms with E-state index in [0.29, 0.717) is 0 Å². The smallest absolute Gasteiger partial charge is 1.00 e. The summed E-state index contributed by atoms with van der Waals surface area (Å²) >= 11 is 0. The molecule has 0 saturated heterocycles. The predicted octanol–water partition coefficient (Wildman–Crippen LogP) is -2.30. The average molecular weight is 205 g/mol. The normalized spacial score (nSPS) is 12.0. The van der Waals surface area contributed by atoms with Crippen molar-refractivity contribution in [3.63, 3.8) is 0 Å². The van der Waals surface area contributed by atoms with Gasteiger partial charge in [-0.1, -0.05) is 0 Å². The molecular weight excluding hydrogens is 196 g/mol. The Morgan fingerprint density at radius 1 is 1.44 bits per heavy atom. The molecule has 9 heavy (non-hydrogen) atoms. The summed E-state index contributed by atoms with van der Waals surface area (Å²) in [6.07, 6.45) is 6.50. The number of halogens is 1. The van der Waals surface area contributed by atoms with Crippen LogP contribution < -0.4 is 17.0 Å². The van der Waals surface area contributed by atoms with Crippen LogP contribution in [0.3, 0.4) is 0 Å². The van der Waals surface area contributed by atoms with Gasteiger partial charge in [0.05, 0.1) is 0 Å². The van der Waals surface area contributed by atoms with Gasteiger partial charge in [0.2, 0.25) is 0 Å². The van der Waals surface area contributed by atoms with Crippen LogP contribution in [-0.2, 0) is 4.79 Å². The van der Waals surface area contributed by atoms with Crippen molar-refractivity contribution in [1.29, 1.82) is 0 Å². The molecule has 0 unspecified atom stereocenters. The van der Waals surface area contributed by atoms with Crippen LogP contribution in [0.2, 0.25) is 0 Å². The Labute approximate surface area is 81.9 Å². The quantitative estimate of drug-likeness (QED) is 0.274. The molecule has 0 radical (unpaired) electrons. The summed E-state index contributed by atoms with van der Waals surface area (Å²) in [6, 6.07) is 0. The second kappa shape index (κ2) is 15.9. The van der Waals surface area contributed by atoms with Crippen molar-refractivity contribution in [1.82, 2.24) is 0 Å². The summed E-state index contributed by atoms with van der Waals surface area (Å²) in [5.74, 6) is 0. The molecule has 0 heterocycles. The summed E-state index contributed by atoms with van der Waals surface area (Å²) < 4.78 is 0. The van der Waals surface area contributed by atoms with Crippen LogP contribution in [-0.4, -0.2) is 34.6 Å². The first kappa shape index (κ1) is 16.4. The average Bonchev–Trinajstić information content (AvgIpc) is 1.27. The number of rotatable bonds is 0. The van der Waals surface area contributed by atoms with E-state index >= 15 is 0 Å². The molecule has 0 aromatic rings. The van der Waals surface area contributed by atoms with E-state index in [2.05, 4.69) is 6.42 Å². The standard InChI is InChI=1S/C4H7.CH2O2.BrH.Mg/c1-2-4-3-1;2-1-3;;/h1H,2-4H2;1H,(H,2,3);1H;/q-1;;;+2/p-1. The van der Waals surface area contributed by atoms with Crippen LogP contribution >= 0.6 is 0 Å². The van der Waals surface area contributed by atoms with Crippen molar-refractivity contribution in [2.45, 2.75) is 19.3 Å². The van der Waals surface area contributed by atoms with Crippen LogP contribution in [0.15, 0.2) is 0 Å². The summed E-state index contributed by atoms with van der Waals surface area (Å²) in [5, 5.41) is 6.89. The van der Waals surface area contributed by atoms with Crippen molar-refractivity contribution in [3.8, 4) is 0 Å². The minimum atomic E-state index is -0.250. The molecule has 1 rings (SSSR count). The van der Waals surface area contributed by atoms with E-state index < -0.39 is 0 Å². The Morgan fingerprint density at radius 3 is 1.56 bits per heavy atom. The van der Waals surface area contributed by atoms with Gasteiger partial charge in [0.25, 0.3) is 6.47 Å². The molecule has 1 aliphatic rings. The SMILES string of the molecule is O=CO.[Br-].[CH-]1CCC1.[Mg+2]. The second-order valence-electron chi connectivity index (χ2n) is 1.32. The molecule has 0 aliphatic heterocycles. The van der Waals surface area contributed by atoms with Crippen molar-refractivity contribution < 1.29 is 26.9 Å². The first-order valence-electron chi connectivity index (χ1n) is 2.31. The van der Waals surface area contributed by atoms with E-state index in [9.17, 15) is 0 Å². The van der Waals surface area contributed by atoms with Gasteiger partial charge in [0.1, 0.15) is 0 Å². The Bertz CT molecular complexity index is 44.2. The van der Waals surface area contributed by atoms with Gasteiger partial charge in [0, 0.05) is 0 Å². The zero-order valence-corrected chi connectivity index (χ0v) is 8.22. The number of carbonyl (C=O) groups is 1. The third-order valence-corrected chi connectivity index (χ3v) is 0.816. The van der Waals surface area contributed by atoms with E-state index in [1.807, 2.05) is 0 Å². The minimum Gasteiger partial charge on any atom is -1.00 e. The molecule has 1 N–H and O–H groups in total. The molecule has 1 saturated carbocycles. The molecule has 0 bridgehead atoms. The van der Waals surface area contributed by atoms with Gasteiger partial charge in [0.15, 0.2) is 0 Å². The van der Waals surface area contributed by atoms with Gasteiger partial charge in [-0.05, 0) is 0 Å². The molecule has 0 aromatic heterocycles. The number of carboxylic acid groups (broad SMARTS) is 1. The third-order valence-electron chi connectivity index (χ3n) is 0.816. The zero-order chi connectivity index (χ0) is 5.54. The van der Waals surface area contributed by atoms with E-state index in [-0.39, 0.29) is 46.5 Å². The van der Waals surface area contributed by atoms with Crippen LogP contribution in [0.4, 0.5) is 0 Å². The Balaban J connectivity index is -0.0000000680. The molecule has 2 nitrogen and oxygen atoms in total. The number of hydrogen-bond acceptors (Lipinski definition) is 1. The van der Waals surface area contributed by atoms with E-state index in [1.54, 1.807) is 0 Å². The van der Waals surface area contributed by atoms with Crippen LogP contribution in [0.25, 0.3) is 0 Å². The summed E-state index contributed by atoms with van der Waals surface area (Å²) in [7, 11) is 0. The maximum absolute atomic E-state index is 8.36. The summed E-state index contributed by atoms with van der Waals surface area (Å²) in [5.41, 5.74) is 0. The molecule has 1 fully saturated rings. The Morgan fingerprint density at radius 2 is 1.56 bits per heavy atom. The molecule has 1 aliphatic carbocycles. The van der Waals surface area contributed by atoms with Crippen molar-refractivity contribution >= 4 is 29.5 Å².